The average molecular weight is 282 g/mol. The topological polar surface area (TPSA) is 62.2 Å². The Kier molecular flexibility index (Phi) is 3.88. The molecule has 0 spiro atoms. The van der Waals surface area contributed by atoms with Crippen molar-refractivity contribution in [1.82, 2.24) is 4.98 Å². The Morgan fingerprint density at radius 1 is 1.20 bits per heavy atom. The van der Waals surface area contributed by atoms with Crippen molar-refractivity contribution in [3.8, 4) is 0 Å². The van der Waals surface area contributed by atoms with Crippen molar-refractivity contribution in [3.63, 3.8) is 0 Å². The second-order valence-electron chi connectivity index (χ2n) is 3.93. The molecule has 0 atom stereocenters. The molecule has 20 heavy (non-hydrogen) atoms. The third kappa shape index (κ3) is 2.87. The van der Waals surface area contributed by atoms with Crippen LogP contribution in [-0.4, -0.2) is 16.1 Å². The minimum absolute atomic E-state index is 0.0236. The highest BCUT2D eigenvalue weighted by Crippen LogP contribution is 2.16. The van der Waals surface area contributed by atoms with Gasteiger partial charge in [0.05, 0.1) is 0 Å². The standard InChI is InChI=1S/C13H9F3N2O2/c14-9-2-1-7(5-10(9)15)6-18-12-11(16)8(13(19)20)3-4-17-12/h1-5H,6H2,(H,17,18)(H,19,20). The summed E-state index contributed by atoms with van der Waals surface area (Å²) >= 11 is 0. The lowest BCUT2D eigenvalue weighted by Crippen LogP contribution is -2.08. The van der Waals surface area contributed by atoms with Crippen LogP contribution in [0.3, 0.4) is 0 Å². The zero-order chi connectivity index (χ0) is 14.7. The molecule has 104 valence electrons. The van der Waals surface area contributed by atoms with E-state index in [9.17, 15) is 18.0 Å². The van der Waals surface area contributed by atoms with Crippen molar-refractivity contribution < 1.29 is 23.1 Å². The van der Waals surface area contributed by atoms with E-state index in [1.807, 2.05) is 0 Å². The van der Waals surface area contributed by atoms with E-state index >= 15 is 0 Å². The first-order valence-electron chi connectivity index (χ1n) is 5.54. The van der Waals surface area contributed by atoms with Gasteiger partial charge in [-0.3, -0.25) is 0 Å². The molecule has 0 aliphatic carbocycles. The smallest absolute Gasteiger partial charge is 0.338 e. The predicted molar refractivity (Wildman–Crippen MR) is 64.8 cm³/mol. The molecule has 1 heterocycles. The van der Waals surface area contributed by atoms with Gasteiger partial charge in [0, 0.05) is 12.7 Å². The maximum Gasteiger partial charge on any atom is 0.338 e. The minimum atomic E-state index is -1.42. The van der Waals surface area contributed by atoms with Crippen molar-refractivity contribution in [2.24, 2.45) is 0 Å². The summed E-state index contributed by atoms with van der Waals surface area (Å²) in [6.45, 7) is -0.0236. The fraction of sp³-hybridized carbons (Fsp3) is 0.0769. The lowest BCUT2D eigenvalue weighted by Gasteiger charge is -2.08. The van der Waals surface area contributed by atoms with Crippen molar-refractivity contribution in [1.29, 1.82) is 0 Å². The summed E-state index contributed by atoms with van der Waals surface area (Å²) in [6, 6.07) is 4.26. The van der Waals surface area contributed by atoms with Gasteiger partial charge < -0.3 is 10.4 Å². The third-order valence-corrected chi connectivity index (χ3v) is 2.56. The van der Waals surface area contributed by atoms with Gasteiger partial charge in [0.1, 0.15) is 5.56 Å². The largest absolute Gasteiger partial charge is 0.478 e. The number of anilines is 1. The van der Waals surface area contributed by atoms with E-state index in [1.54, 1.807) is 0 Å². The van der Waals surface area contributed by atoms with Gasteiger partial charge in [0.2, 0.25) is 0 Å². The first kappa shape index (κ1) is 13.9. The summed E-state index contributed by atoms with van der Waals surface area (Å²) in [5, 5.41) is 11.3. The molecule has 0 aliphatic rings. The Labute approximate surface area is 111 Å². The first-order valence-corrected chi connectivity index (χ1v) is 5.54. The number of hydrogen-bond acceptors (Lipinski definition) is 3. The summed E-state index contributed by atoms with van der Waals surface area (Å²) in [4.78, 5) is 14.4. The second kappa shape index (κ2) is 5.60. The summed E-state index contributed by atoms with van der Waals surface area (Å²) in [6.07, 6.45) is 1.14. The van der Waals surface area contributed by atoms with Crippen molar-refractivity contribution in [3.05, 3.63) is 59.0 Å². The second-order valence-corrected chi connectivity index (χ2v) is 3.93. The van der Waals surface area contributed by atoms with E-state index < -0.39 is 29.0 Å². The SMILES string of the molecule is O=C(O)c1ccnc(NCc2ccc(F)c(F)c2)c1F. The Hall–Kier alpha value is -2.57. The first-order chi connectivity index (χ1) is 9.49. The molecule has 0 saturated carbocycles. The van der Waals surface area contributed by atoms with Crippen LogP contribution in [0, 0.1) is 17.5 Å². The number of carboxylic acid groups (broad SMARTS) is 1. The number of nitrogens with zero attached hydrogens (tertiary/aromatic N) is 1. The van der Waals surface area contributed by atoms with E-state index in [0.29, 0.717) is 5.56 Å². The van der Waals surface area contributed by atoms with E-state index in [1.165, 1.54) is 6.07 Å². The number of hydrogen-bond donors (Lipinski definition) is 2. The van der Waals surface area contributed by atoms with Crippen LogP contribution < -0.4 is 5.32 Å². The molecule has 0 bridgehead atoms. The molecule has 0 saturated heterocycles. The molecule has 7 heteroatoms. The number of benzene rings is 1. The molecule has 2 aromatic rings. The van der Waals surface area contributed by atoms with E-state index in [2.05, 4.69) is 10.3 Å². The highest BCUT2D eigenvalue weighted by Gasteiger charge is 2.14. The van der Waals surface area contributed by atoms with Gasteiger partial charge in [-0.1, -0.05) is 6.07 Å². The fourth-order valence-electron chi connectivity index (χ4n) is 1.57. The van der Waals surface area contributed by atoms with Gasteiger partial charge in [0.25, 0.3) is 0 Å². The molecule has 1 aromatic carbocycles. The van der Waals surface area contributed by atoms with Crippen molar-refractivity contribution in [2.75, 3.05) is 5.32 Å². The maximum absolute atomic E-state index is 13.7. The number of aromatic carboxylic acids is 1. The van der Waals surface area contributed by atoms with Crippen LogP contribution in [-0.2, 0) is 6.54 Å². The number of nitrogens with one attached hydrogen (secondary N) is 1. The van der Waals surface area contributed by atoms with Crippen molar-refractivity contribution >= 4 is 11.8 Å². The number of rotatable bonds is 4. The molecule has 0 radical (unpaired) electrons. The fourth-order valence-corrected chi connectivity index (χ4v) is 1.57. The Morgan fingerprint density at radius 3 is 2.60 bits per heavy atom. The zero-order valence-electron chi connectivity index (χ0n) is 10.0. The molecule has 0 amide bonds. The summed E-state index contributed by atoms with van der Waals surface area (Å²) in [5.41, 5.74) is -0.154. The minimum Gasteiger partial charge on any atom is -0.478 e. The predicted octanol–water partition coefficient (Wildman–Crippen LogP) is 2.81. The quantitative estimate of drug-likeness (QED) is 0.905. The highest BCUT2D eigenvalue weighted by molar-refractivity contribution is 5.88. The number of halogens is 3. The van der Waals surface area contributed by atoms with Gasteiger partial charge in [-0.15, -0.1) is 0 Å². The summed E-state index contributed by atoms with van der Waals surface area (Å²) in [7, 11) is 0. The molecule has 2 N–H and O–H groups in total. The Balaban J connectivity index is 2.17. The van der Waals surface area contributed by atoms with Crippen molar-refractivity contribution in [2.45, 2.75) is 6.54 Å². The normalized spacial score (nSPS) is 10.3. The lowest BCUT2D eigenvalue weighted by molar-refractivity contribution is 0.0692. The molecule has 4 nitrogen and oxygen atoms in total. The number of carboxylic acids is 1. The Bertz CT molecular complexity index is 662. The monoisotopic (exact) mass is 282 g/mol. The van der Waals surface area contributed by atoms with Crippen LogP contribution in [0.1, 0.15) is 15.9 Å². The molecule has 1 aromatic heterocycles. The summed E-state index contributed by atoms with van der Waals surface area (Å²) in [5.74, 6) is -4.69. The molecule has 0 unspecified atom stereocenters. The van der Waals surface area contributed by atoms with Crippen LogP contribution in [0.2, 0.25) is 0 Å². The summed E-state index contributed by atoms with van der Waals surface area (Å²) < 4.78 is 39.4. The van der Waals surface area contributed by atoms with Gasteiger partial charge in [-0.2, -0.15) is 0 Å². The van der Waals surface area contributed by atoms with Crippen LogP contribution >= 0.6 is 0 Å². The molecular weight excluding hydrogens is 273 g/mol. The van der Waals surface area contributed by atoms with Crippen LogP contribution in [0.15, 0.2) is 30.5 Å². The molecular formula is C13H9F3N2O2. The highest BCUT2D eigenvalue weighted by atomic mass is 19.2. The number of aromatic nitrogens is 1. The van der Waals surface area contributed by atoms with Crippen LogP contribution in [0.4, 0.5) is 19.0 Å². The third-order valence-electron chi connectivity index (χ3n) is 2.56. The molecule has 0 fully saturated rings. The number of carbonyl (C=O) groups is 1. The zero-order valence-corrected chi connectivity index (χ0v) is 10.0. The molecule has 0 aliphatic heterocycles. The molecule has 2 rings (SSSR count). The number of pyridine rings is 1. The lowest BCUT2D eigenvalue weighted by atomic mass is 10.2. The van der Waals surface area contributed by atoms with Gasteiger partial charge in [0.15, 0.2) is 23.3 Å². The van der Waals surface area contributed by atoms with E-state index in [4.69, 9.17) is 5.11 Å². The van der Waals surface area contributed by atoms with Gasteiger partial charge in [-0.25, -0.2) is 22.9 Å². The Morgan fingerprint density at radius 2 is 1.95 bits per heavy atom. The van der Waals surface area contributed by atoms with Crippen LogP contribution in [0.5, 0.6) is 0 Å². The van der Waals surface area contributed by atoms with Gasteiger partial charge >= 0.3 is 5.97 Å². The van der Waals surface area contributed by atoms with Crippen LogP contribution in [0.25, 0.3) is 0 Å². The van der Waals surface area contributed by atoms with Gasteiger partial charge in [-0.05, 0) is 23.8 Å². The van der Waals surface area contributed by atoms with E-state index in [0.717, 1.165) is 24.4 Å². The average Bonchev–Trinajstić information content (AvgIpc) is 2.41. The maximum atomic E-state index is 13.7. The van der Waals surface area contributed by atoms with E-state index in [-0.39, 0.29) is 12.4 Å².